The normalized spacial score (nSPS) is 18.2. The van der Waals surface area contributed by atoms with Crippen molar-refractivity contribution < 1.29 is 15.8 Å². The van der Waals surface area contributed by atoms with Crippen LogP contribution in [-0.4, -0.2) is 24.5 Å². The van der Waals surface area contributed by atoms with Crippen molar-refractivity contribution in [2.45, 2.75) is 32.2 Å². The van der Waals surface area contributed by atoms with Gasteiger partial charge in [0.05, 0.1) is 7.11 Å². The summed E-state index contributed by atoms with van der Waals surface area (Å²) in [6.45, 7) is 3.67. The first kappa shape index (κ1) is 10.0. The molecule has 0 saturated heterocycles. The van der Waals surface area contributed by atoms with Gasteiger partial charge in [-0.1, -0.05) is 13.8 Å². The van der Waals surface area contributed by atoms with Crippen LogP contribution >= 0.6 is 0 Å². The van der Waals surface area contributed by atoms with E-state index >= 15 is 0 Å². The van der Waals surface area contributed by atoms with Gasteiger partial charge in [-0.3, -0.25) is 4.79 Å². The van der Waals surface area contributed by atoms with E-state index in [1.54, 1.807) is 0 Å². The van der Waals surface area contributed by atoms with Gasteiger partial charge in [-0.25, -0.2) is 4.79 Å². The summed E-state index contributed by atoms with van der Waals surface area (Å²) < 4.78 is 4.45. The van der Waals surface area contributed by atoms with Gasteiger partial charge < -0.3 is 10.1 Å². The average molecular weight is 187 g/mol. The number of methoxy groups -OCH3 is 1. The summed E-state index contributed by atoms with van der Waals surface area (Å²) in [5.74, 6) is 0.0533. The zero-order valence-corrected chi connectivity index (χ0v) is 8.22. The molecule has 0 radical (unpaired) electrons. The fraction of sp³-hybridized carbons (Fsp3) is 0.778. The van der Waals surface area contributed by atoms with E-state index in [4.69, 9.17) is 0 Å². The molecule has 1 rings (SSSR count). The van der Waals surface area contributed by atoms with Crippen LogP contribution in [0.4, 0.5) is 4.79 Å². The van der Waals surface area contributed by atoms with Crippen LogP contribution in [0.25, 0.3) is 0 Å². The van der Waals surface area contributed by atoms with Crippen molar-refractivity contribution in [3.63, 3.8) is 0 Å². The quantitative estimate of drug-likeness (QED) is 0.725. The number of nitrogens with one attached hydrogen (secondary N) is 1. The predicted molar refractivity (Wildman–Crippen MR) is 49.5 cm³/mol. The summed E-state index contributed by atoms with van der Waals surface area (Å²) in [6.07, 6.45) is 0.949. The minimum Gasteiger partial charge on any atom is -0.453 e. The van der Waals surface area contributed by atoms with Crippen LogP contribution in [-0.2, 0) is 9.53 Å². The smallest absolute Gasteiger partial charge is 0.407 e. The molecule has 1 N–H and O–H groups in total. The van der Waals surface area contributed by atoms with Crippen LogP contribution in [0.15, 0.2) is 0 Å². The van der Waals surface area contributed by atoms with Crippen LogP contribution in [0.1, 0.15) is 28.1 Å². The second-order valence-corrected chi connectivity index (χ2v) is 3.72. The van der Waals surface area contributed by atoms with Crippen molar-refractivity contribution in [1.29, 1.82) is 0 Å². The molecule has 0 aromatic carbocycles. The van der Waals surface area contributed by atoms with Gasteiger partial charge in [0.1, 0.15) is 5.54 Å². The Bertz CT molecular complexity index is 236. The number of Topliss-reactive ketones (excluding diaryl/α,β-unsaturated/α-hetero) is 1. The number of carbonyl (C=O) groups is 2. The Kier molecular flexibility index (Phi) is 2.59. The third-order valence-corrected chi connectivity index (χ3v) is 2.27. The van der Waals surface area contributed by atoms with Crippen molar-refractivity contribution >= 4 is 11.9 Å². The highest BCUT2D eigenvalue weighted by atomic mass is 16.5. The lowest BCUT2D eigenvalue weighted by molar-refractivity contribution is -0.124. The Morgan fingerprint density at radius 1 is 1.46 bits per heavy atom. The van der Waals surface area contributed by atoms with E-state index in [9.17, 15) is 9.59 Å². The monoisotopic (exact) mass is 187 g/mol. The van der Waals surface area contributed by atoms with E-state index in [0.717, 1.165) is 12.8 Å². The highest BCUT2D eigenvalue weighted by Crippen LogP contribution is 2.38. The lowest BCUT2D eigenvalue weighted by atomic mass is 10.0. The summed E-state index contributed by atoms with van der Waals surface area (Å²) in [5, 5.41) is 2.59. The van der Waals surface area contributed by atoms with Gasteiger partial charge in [0.15, 0.2) is 5.78 Å². The first-order valence-corrected chi connectivity index (χ1v) is 4.42. The van der Waals surface area contributed by atoms with Crippen molar-refractivity contribution in [1.82, 2.24) is 5.32 Å². The van der Waals surface area contributed by atoms with E-state index in [1.807, 2.05) is 13.8 Å². The molecule has 0 atom stereocenters. The number of ether oxygens (including phenoxy) is 1. The molecule has 0 bridgehead atoms. The zero-order valence-electron chi connectivity index (χ0n) is 8.22. The average Bonchev–Trinajstić information content (AvgIpc) is 2.84. The van der Waals surface area contributed by atoms with Crippen molar-refractivity contribution in [3.8, 4) is 0 Å². The maximum Gasteiger partial charge on any atom is 0.407 e. The van der Waals surface area contributed by atoms with Gasteiger partial charge in [-0.15, -0.1) is 0 Å². The third-order valence-electron chi connectivity index (χ3n) is 2.27. The maximum atomic E-state index is 11.6. The molecule has 1 aliphatic rings. The largest absolute Gasteiger partial charge is 0.453 e. The van der Waals surface area contributed by atoms with E-state index in [2.05, 4.69) is 10.1 Å². The van der Waals surface area contributed by atoms with Gasteiger partial charge in [0.2, 0.25) is 0 Å². The fourth-order valence-corrected chi connectivity index (χ4v) is 1.36. The standard InChI is InChI=1S/C9H15NO3.H2/c1-6(2)7(11)9(4-5-9)10-8(12)13-3;/h6H,4-5H2,1-3H3,(H,10,12);1H. The number of hydrogen-bond donors (Lipinski definition) is 1. The minimum absolute atomic E-state index is 0. The van der Waals surface area contributed by atoms with E-state index < -0.39 is 11.6 Å². The molecule has 0 aromatic rings. The number of ketones is 1. The van der Waals surface area contributed by atoms with E-state index in [0.29, 0.717) is 0 Å². The van der Waals surface area contributed by atoms with Gasteiger partial charge in [0, 0.05) is 7.34 Å². The fourth-order valence-electron chi connectivity index (χ4n) is 1.36. The van der Waals surface area contributed by atoms with Crippen LogP contribution in [0.3, 0.4) is 0 Å². The first-order chi connectivity index (χ1) is 6.02. The first-order valence-electron chi connectivity index (χ1n) is 4.42. The second-order valence-electron chi connectivity index (χ2n) is 3.72. The molecule has 76 valence electrons. The number of amides is 1. The van der Waals surface area contributed by atoms with Crippen molar-refractivity contribution in [3.05, 3.63) is 0 Å². The Morgan fingerprint density at radius 3 is 2.31 bits per heavy atom. The minimum atomic E-state index is -0.610. The molecular weight excluding hydrogens is 170 g/mol. The molecule has 1 aliphatic carbocycles. The van der Waals surface area contributed by atoms with Crippen LogP contribution in [0.5, 0.6) is 0 Å². The predicted octanol–water partition coefficient (Wildman–Crippen LogP) is 1.35. The Hall–Kier alpha value is -1.06. The van der Waals surface area contributed by atoms with Crippen molar-refractivity contribution in [2.75, 3.05) is 7.11 Å². The van der Waals surface area contributed by atoms with Gasteiger partial charge in [-0.2, -0.15) is 0 Å². The summed E-state index contributed by atoms with van der Waals surface area (Å²) in [5.41, 5.74) is -0.610. The Balaban J connectivity index is 0.00000169. The molecule has 13 heavy (non-hydrogen) atoms. The zero-order chi connectivity index (χ0) is 10.1. The highest BCUT2D eigenvalue weighted by Gasteiger charge is 2.51. The van der Waals surface area contributed by atoms with Crippen molar-refractivity contribution in [2.24, 2.45) is 5.92 Å². The summed E-state index contributed by atoms with van der Waals surface area (Å²) >= 11 is 0. The molecule has 0 heterocycles. The topological polar surface area (TPSA) is 55.4 Å². The Labute approximate surface area is 79.1 Å². The van der Waals surface area contributed by atoms with Gasteiger partial charge in [0.25, 0.3) is 0 Å². The third kappa shape index (κ3) is 1.99. The number of hydrogen-bond acceptors (Lipinski definition) is 3. The number of rotatable bonds is 3. The molecule has 0 spiro atoms. The molecule has 1 saturated carbocycles. The highest BCUT2D eigenvalue weighted by molar-refractivity contribution is 5.95. The van der Waals surface area contributed by atoms with E-state index in [1.165, 1.54) is 7.11 Å². The van der Waals surface area contributed by atoms with Crippen LogP contribution in [0.2, 0.25) is 0 Å². The van der Waals surface area contributed by atoms with Gasteiger partial charge in [-0.05, 0) is 12.8 Å². The summed E-state index contributed by atoms with van der Waals surface area (Å²) in [6, 6.07) is 0. The molecule has 1 amide bonds. The molecular formula is C9H17NO3. The SMILES string of the molecule is COC(=O)NC1(C(=O)C(C)C)CC1.[HH]. The second kappa shape index (κ2) is 3.36. The number of alkyl carbamates (subject to hydrolysis) is 1. The summed E-state index contributed by atoms with van der Waals surface area (Å²) in [4.78, 5) is 22.5. The van der Waals surface area contributed by atoms with Gasteiger partial charge >= 0.3 is 6.09 Å². The summed E-state index contributed by atoms with van der Waals surface area (Å²) in [7, 11) is 1.30. The lowest BCUT2D eigenvalue weighted by Gasteiger charge is -2.16. The maximum absolute atomic E-state index is 11.6. The van der Waals surface area contributed by atoms with Crippen LogP contribution in [0, 0.1) is 5.92 Å². The number of carbonyl (C=O) groups excluding carboxylic acids is 2. The molecule has 0 aromatic heterocycles. The van der Waals surface area contributed by atoms with Crippen LogP contribution < -0.4 is 5.32 Å². The lowest BCUT2D eigenvalue weighted by Crippen LogP contribution is -2.44. The molecule has 1 fully saturated rings. The molecule has 0 aliphatic heterocycles. The van der Waals surface area contributed by atoms with E-state index in [-0.39, 0.29) is 13.1 Å². The molecule has 4 heteroatoms. The molecule has 4 nitrogen and oxygen atoms in total. The molecule has 0 unspecified atom stereocenters. The Morgan fingerprint density at radius 2 is 2.00 bits per heavy atom.